The third kappa shape index (κ3) is 3.84. The van der Waals surface area contributed by atoms with E-state index in [-0.39, 0.29) is 11.8 Å². The molecule has 1 aliphatic heterocycles. The Morgan fingerprint density at radius 1 is 1.32 bits per heavy atom. The molecule has 0 saturated carbocycles. The smallest absolute Gasteiger partial charge is 0.226 e. The lowest BCUT2D eigenvalue weighted by atomic mass is 10.1. The van der Waals surface area contributed by atoms with Crippen LogP contribution in [0.1, 0.15) is 20.8 Å². The third-order valence-electron chi connectivity index (χ3n) is 4.06. The van der Waals surface area contributed by atoms with E-state index < -0.39 is 0 Å². The highest BCUT2D eigenvalue weighted by Gasteiger charge is 2.20. The zero-order chi connectivity index (χ0) is 16.3. The van der Waals surface area contributed by atoms with Gasteiger partial charge in [0.2, 0.25) is 5.91 Å². The number of nitrogens with two attached hydrogens (primary N) is 1. The fourth-order valence-corrected chi connectivity index (χ4v) is 2.75. The molecule has 122 valence electrons. The molecule has 0 atom stereocenters. The van der Waals surface area contributed by atoms with Gasteiger partial charge < -0.3 is 20.9 Å². The number of piperazine rings is 1. The van der Waals surface area contributed by atoms with Crippen molar-refractivity contribution in [3.63, 3.8) is 0 Å². The van der Waals surface area contributed by atoms with Crippen LogP contribution in [0, 0.1) is 5.92 Å². The van der Waals surface area contributed by atoms with Crippen molar-refractivity contribution in [1.29, 1.82) is 0 Å². The summed E-state index contributed by atoms with van der Waals surface area (Å²) in [5, 5.41) is 3.35. The van der Waals surface area contributed by atoms with Crippen LogP contribution in [0.5, 0.6) is 0 Å². The Morgan fingerprint density at radius 3 is 2.50 bits per heavy atom. The molecule has 1 aromatic rings. The Morgan fingerprint density at radius 2 is 1.95 bits per heavy atom. The Bertz CT molecular complexity index is 539. The van der Waals surface area contributed by atoms with Gasteiger partial charge in [0.15, 0.2) is 0 Å². The molecule has 0 radical (unpaired) electrons. The highest BCUT2D eigenvalue weighted by molar-refractivity contribution is 6.34. The van der Waals surface area contributed by atoms with Crippen LogP contribution in [-0.2, 0) is 4.79 Å². The van der Waals surface area contributed by atoms with Crippen LogP contribution in [0.15, 0.2) is 12.1 Å². The average Bonchev–Trinajstić information content (AvgIpc) is 2.50. The van der Waals surface area contributed by atoms with Crippen molar-refractivity contribution in [3.8, 4) is 0 Å². The van der Waals surface area contributed by atoms with Gasteiger partial charge in [-0.3, -0.25) is 4.79 Å². The molecule has 0 bridgehead atoms. The largest absolute Gasteiger partial charge is 0.397 e. The van der Waals surface area contributed by atoms with Crippen LogP contribution in [-0.4, -0.2) is 43.5 Å². The standard InChI is InChI=1S/C16H25ClN4O/c1-4-20-5-7-21(8-6-20)15-10-14(12(17)9-13(15)18)19-16(22)11(2)3/h9-11H,4-8,18H2,1-3H3,(H,19,22). The maximum atomic E-state index is 11.9. The number of nitrogen functional groups attached to an aromatic ring is 1. The zero-order valence-corrected chi connectivity index (χ0v) is 14.3. The first kappa shape index (κ1) is 16.9. The normalized spacial score (nSPS) is 16.1. The Kier molecular flexibility index (Phi) is 5.53. The van der Waals surface area contributed by atoms with Crippen molar-refractivity contribution in [2.24, 2.45) is 5.92 Å². The number of amides is 1. The molecular weight excluding hydrogens is 300 g/mol. The zero-order valence-electron chi connectivity index (χ0n) is 13.5. The first-order valence-electron chi connectivity index (χ1n) is 7.79. The van der Waals surface area contributed by atoms with Gasteiger partial charge in [-0.05, 0) is 18.7 Å². The van der Waals surface area contributed by atoms with E-state index in [2.05, 4.69) is 22.0 Å². The van der Waals surface area contributed by atoms with Crippen LogP contribution in [0.2, 0.25) is 5.02 Å². The molecule has 1 heterocycles. The highest BCUT2D eigenvalue weighted by Crippen LogP contribution is 2.34. The van der Waals surface area contributed by atoms with Gasteiger partial charge in [0, 0.05) is 32.1 Å². The van der Waals surface area contributed by atoms with Gasteiger partial charge in [-0.25, -0.2) is 0 Å². The molecule has 0 aliphatic carbocycles. The van der Waals surface area contributed by atoms with Crippen molar-refractivity contribution in [2.45, 2.75) is 20.8 Å². The molecule has 2 rings (SSSR count). The van der Waals surface area contributed by atoms with Crippen molar-refractivity contribution in [3.05, 3.63) is 17.2 Å². The Hall–Kier alpha value is -1.46. The lowest BCUT2D eigenvalue weighted by Crippen LogP contribution is -2.46. The molecule has 0 unspecified atom stereocenters. The summed E-state index contributed by atoms with van der Waals surface area (Å²) in [5.41, 5.74) is 8.35. The Labute approximate surface area is 137 Å². The first-order chi connectivity index (χ1) is 10.4. The number of anilines is 3. The van der Waals surface area contributed by atoms with E-state index in [1.807, 2.05) is 19.9 Å². The molecule has 1 aliphatic rings. The fourth-order valence-electron chi connectivity index (χ4n) is 2.53. The van der Waals surface area contributed by atoms with Gasteiger partial charge in [-0.15, -0.1) is 0 Å². The van der Waals surface area contributed by atoms with Crippen LogP contribution in [0.4, 0.5) is 17.1 Å². The molecule has 1 aromatic carbocycles. The number of hydrogen-bond acceptors (Lipinski definition) is 4. The number of rotatable bonds is 4. The van der Waals surface area contributed by atoms with Crippen LogP contribution in [0.3, 0.4) is 0 Å². The lowest BCUT2D eigenvalue weighted by Gasteiger charge is -2.36. The van der Waals surface area contributed by atoms with Gasteiger partial charge >= 0.3 is 0 Å². The van der Waals surface area contributed by atoms with Crippen molar-refractivity contribution < 1.29 is 4.79 Å². The summed E-state index contributed by atoms with van der Waals surface area (Å²) in [5.74, 6) is -0.140. The second-order valence-corrected chi connectivity index (χ2v) is 6.36. The molecule has 1 saturated heterocycles. The number of carbonyl (C=O) groups excluding carboxylic acids is 1. The number of hydrogen-bond donors (Lipinski definition) is 2. The monoisotopic (exact) mass is 324 g/mol. The average molecular weight is 325 g/mol. The Balaban J connectivity index is 2.19. The molecule has 22 heavy (non-hydrogen) atoms. The summed E-state index contributed by atoms with van der Waals surface area (Å²) in [4.78, 5) is 16.6. The number of benzene rings is 1. The molecular formula is C16H25ClN4O. The van der Waals surface area contributed by atoms with Gasteiger partial charge in [0.1, 0.15) is 0 Å². The summed E-state index contributed by atoms with van der Waals surface area (Å²) < 4.78 is 0. The fraction of sp³-hybridized carbons (Fsp3) is 0.562. The summed E-state index contributed by atoms with van der Waals surface area (Å²) in [6, 6.07) is 3.61. The van der Waals surface area contributed by atoms with Crippen molar-refractivity contribution in [1.82, 2.24) is 4.90 Å². The van der Waals surface area contributed by atoms with E-state index in [0.29, 0.717) is 16.4 Å². The number of nitrogens with zero attached hydrogens (tertiary/aromatic N) is 2. The number of nitrogens with one attached hydrogen (secondary N) is 1. The second-order valence-electron chi connectivity index (χ2n) is 5.96. The minimum Gasteiger partial charge on any atom is -0.397 e. The second kappa shape index (κ2) is 7.20. The molecule has 1 fully saturated rings. The SMILES string of the molecule is CCN1CCN(c2cc(NC(=O)C(C)C)c(Cl)cc2N)CC1. The van der Waals surface area contributed by atoms with Crippen LogP contribution in [0.25, 0.3) is 0 Å². The van der Waals surface area contributed by atoms with Gasteiger partial charge in [0.05, 0.1) is 22.1 Å². The van der Waals surface area contributed by atoms with E-state index >= 15 is 0 Å². The number of likely N-dealkylation sites (N-methyl/N-ethyl adjacent to an activating group) is 1. The summed E-state index contributed by atoms with van der Waals surface area (Å²) in [7, 11) is 0. The van der Waals surface area contributed by atoms with Crippen LogP contribution < -0.4 is 16.0 Å². The minimum absolute atomic E-state index is 0.0478. The molecule has 0 spiro atoms. The van der Waals surface area contributed by atoms with Crippen LogP contribution >= 0.6 is 11.6 Å². The van der Waals surface area contributed by atoms with Gasteiger partial charge in [0.25, 0.3) is 0 Å². The summed E-state index contributed by atoms with van der Waals surface area (Å²) >= 11 is 6.21. The maximum Gasteiger partial charge on any atom is 0.226 e. The van der Waals surface area contributed by atoms with E-state index in [9.17, 15) is 4.79 Å². The van der Waals surface area contributed by atoms with E-state index in [4.69, 9.17) is 17.3 Å². The molecule has 6 heteroatoms. The van der Waals surface area contributed by atoms with E-state index in [1.54, 1.807) is 6.07 Å². The molecule has 5 nitrogen and oxygen atoms in total. The summed E-state index contributed by atoms with van der Waals surface area (Å²) in [6.07, 6.45) is 0. The molecule has 1 amide bonds. The first-order valence-corrected chi connectivity index (χ1v) is 8.17. The number of carbonyl (C=O) groups is 1. The van der Waals surface area contributed by atoms with Gasteiger partial charge in [-0.2, -0.15) is 0 Å². The van der Waals surface area contributed by atoms with E-state index in [0.717, 1.165) is 38.4 Å². The predicted octanol–water partition coefficient (Wildman–Crippen LogP) is 2.66. The molecule has 0 aromatic heterocycles. The predicted molar refractivity (Wildman–Crippen MR) is 93.7 cm³/mol. The maximum absolute atomic E-state index is 11.9. The minimum atomic E-state index is -0.0924. The topological polar surface area (TPSA) is 61.6 Å². The third-order valence-corrected chi connectivity index (χ3v) is 4.37. The highest BCUT2D eigenvalue weighted by atomic mass is 35.5. The number of halogens is 1. The molecule has 3 N–H and O–H groups in total. The summed E-state index contributed by atoms with van der Waals surface area (Å²) in [6.45, 7) is 10.8. The lowest BCUT2D eigenvalue weighted by molar-refractivity contribution is -0.118. The van der Waals surface area contributed by atoms with Crippen molar-refractivity contribution >= 4 is 34.6 Å². The van der Waals surface area contributed by atoms with Gasteiger partial charge in [-0.1, -0.05) is 32.4 Å². The van der Waals surface area contributed by atoms with E-state index in [1.165, 1.54) is 0 Å². The quantitative estimate of drug-likeness (QED) is 0.836. The van der Waals surface area contributed by atoms with Crippen molar-refractivity contribution in [2.75, 3.05) is 48.7 Å².